The Balaban J connectivity index is 1.62. The fourth-order valence-electron chi connectivity index (χ4n) is 3.79. The van der Waals surface area contributed by atoms with Gasteiger partial charge in [-0.1, -0.05) is 60.2 Å². The minimum Gasteiger partial charge on any atom is -0.486 e. The van der Waals surface area contributed by atoms with E-state index in [1.54, 1.807) is 25.1 Å². The lowest BCUT2D eigenvalue weighted by molar-refractivity contribution is -0.120. The maximum atomic E-state index is 13.2. The van der Waals surface area contributed by atoms with Gasteiger partial charge in [0, 0.05) is 6.07 Å². The van der Waals surface area contributed by atoms with Gasteiger partial charge in [-0.25, -0.2) is 8.42 Å². The van der Waals surface area contributed by atoms with E-state index in [2.05, 4.69) is 5.32 Å². The van der Waals surface area contributed by atoms with Crippen molar-refractivity contribution in [2.75, 3.05) is 29.8 Å². The summed E-state index contributed by atoms with van der Waals surface area (Å²) in [6.45, 7) is 4.02. The fraction of sp³-hybridized carbons (Fsp3) is 0.269. The normalized spacial score (nSPS) is 13.7. The second kappa shape index (κ2) is 10.2. The molecule has 178 valence electrons. The number of rotatable bonds is 8. The largest absolute Gasteiger partial charge is 0.486 e. The van der Waals surface area contributed by atoms with Gasteiger partial charge in [0.05, 0.1) is 17.5 Å². The smallest absolute Gasteiger partial charge is 0.241 e. The first-order valence-corrected chi connectivity index (χ1v) is 12.8. The van der Waals surface area contributed by atoms with Gasteiger partial charge >= 0.3 is 0 Å². The maximum absolute atomic E-state index is 13.2. The summed E-state index contributed by atoms with van der Waals surface area (Å²) in [5, 5.41) is 3.03. The summed E-state index contributed by atoms with van der Waals surface area (Å²) < 4.78 is 38.2. The van der Waals surface area contributed by atoms with Gasteiger partial charge < -0.3 is 14.8 Å². The number of anilines is 1. The standard InChI is InChI=1S/C26H28N2O5S/c1-3-34(30,31)28(22-13-14-23-24(17-22)33-16-15-32-23)18-25(29)27-26(20-7-5-4-6-8-20)21-11-9-19(2)10-12-21/h4-14,17,26H,3,15-16,18H2,1-2H3,(H,27,29)/t26-/m1/s1. The van der Waals surface area contributed by atoms with E-state index < -0.39 is 22.0 Å². The highest BCUT2D eigenvalue weighted by atomic mass is 32.2. The number of hydrogen-bond donors (Lipinski definition) is 1. The third-order valence-electron chi connectivity index (χ3n) is 5.65. The monoisotopic (exact) mass is 480 g/mol. The van der Waals surface area contributed by atoms with E-state index in [9.17, 15) is 13.2 Å². The molecule has 0 aliphatic carbocycles. The Kier molecular flexibility index (Phi) is 7.07. The molecule has 0 radical (unpaired) electrons. The maximum Gasteiger partial charge on any atom is 0.241 e. The van der Waals surface area contributed by atoms with Crippen LogP contribution in [0.4, 0.5) is 5.69 Å². The molecule has 3 aromatic rings. The molecule has 1 amide bonds. The van der Waals surface area contributed by atoms with E-state index in [1.165, 1.54) is 0 Å². The van der Waals surface area contributed by atoms with Crippen LogP contribution in [0.2, 0.25) is 0 Å². The predicted molar refractivity (Wildman–Crippen MR) is 132 cm³/mol. The number of nitrogens with one attached hydrogen (secondary N) is 1. The molecule has 0 bridgehead atoms. The molecule has 1 atom stereocenters. The minimum absolute atomic E-state index is 0.144. The van der Waals surface area contributed by atoms with Crippen molar-refractivity contribution >= 4 is 21.6 Å². The number of hydrogen-bond acceptors (Lipinski definition) is 5. The molecule has 0 saturated carbocycles. The Labute approximate surface area is 200 Å². The second-order valence-corrected chi connectivity index (χ2v) is 10.2. The summed E-state index contributed by atoms with van der Waals surface area (Å²) in [7, 11) is -3.73. The number of ether oxygens (including phenoxy) is 2. The Hall–Kier alpha value is -3.52. The van der Waals surface area contributed by atoms with E-state index in [0.717, 1.165) is 21.0 Å². The molecule has 8 heteroatoms. The van der Waals surface area contributed by atoms with Crippen molar-refractivity contribution in [3.63, 3.8) is 0 Å². The summed E-state index contributed by atoms with van der Waals surface area (Å²) in [5.74, 6) is 0.454. The number of carbonyl (C=O) groups is 1. The Morgan fingerprint density at radius 3 is 2.26 bits per heavy atom. The molecule has 1 N–H and O–H groups in total. The van der Waals surface area contributed by atoms with Crippen LogP contribution >= 0.6 is 0 Å². The molecule has 0 saturated heterocycles. The molecular weight excluding hydrogens is 452 g/mol. The topological polar surface area (TPSA) is 84.9 Å². The summed E-state index contributed by atoms with van der Waals surface area (Å²) >= 11 is 0. The first-order valence-electron chi connectivity index (χ1n) is 11.2. The zero-order valence-corrected chi connectivity index (χ0v) is 20.0. The predicted octanol–water partition coefficient (Wildman–Crippen LogP) is 3.83. The molecule has 1 heterocycles. The van der Waals surface area contributed by atoms with Crippen molar-refractivity contribution in [2.45, 2.75) is 19.9 Å². The van der Waals surface area contributed by atoms with Crippen LogP contribution in [0, 0.1) is 6.92 Å². The molecule has 3 aromatic carbocycles. The summed E-state index contributed by atoms with van der Waals surface area (Å²) in [5.41, 5.74) is 3.28. The van der Waals surface area contributed by atoms with Crippen LogP contribution in [0.5, 0.6) is 11.5 Å². The Morgan fingerprint density at radius 2 is 1.59 bits per heavy atom. The van der Waals surface area contributed by atoms with E-state index in [-0.39, 0.29) is 12.3 Å². The van der Waals surface area contributed by atoms with Gasteiger partial charge in [0.1, 0.15) is 19.8 Å². The highest BCUT2D eigenvalue weighted by molar-refractivity contribution is 7.92. The van der Waals surface area contributed by atoms with Gasteiger partial charge in [-0.15, -0.1) is 0 Å². The zero-order chi connectivity index (χ0) is 24.1. The van der Waals surface area contributed by atoms with E-state index in [1.807, 2.05) is 61.5 Å². The number of amides is 1. The summed E-state index contributed by atoms with van der Waals surface area (Å²) in [6.07, 6.45) is 0. The number of carbonyl (C=O) groups excluding carboxylic acids is 1. The van der Waals surface area contributed by atoms with Crippen LogP contribution in [0.1, 0.15) is 29.7 Å². The third kappa shape index (κ3) is 5.34. The average molecular weight is 481 g/mol. The molecular formula is C26H28N2O5S. The number of fused-ring (bicyclic) bond motifs is 1. The van der Waals surface area contributed by atoms with Gasteiger partial charge in [0.2, 0.25) is 15.9 Å². The van der Waals surface area contributed by atoms with Gasteiger partial charge in [0.15, 0.2) is 11.5 Å². The van der Waals surface area contributed by atoms with Gasteiger partial charge in [-0.3, -0.25) is 9.10 Å². The van der Waals surface area contributed by atoms with Crippen molar-refractivity contribution < 1.29 is 22.7 Å². The lowest BCUT2D eigenvalue weighted by Gasteiger charge is -2.27. The first kappa shape index (κ1) is 23.6. The summed E-state index contributed by atoms with van der Waals surface area (Å²) in [4.78, 5) is 13.2. The molecule has 0 spiro atoms. The van der Waals surface area contributed by atoms with Crippen LogP contribution < -0.4 is 19.1 Å². The van der Waals surface area contributed by atoms with Crippen molar-refractivity contribution in [1.29, 1.82) is 0 Å². The zero-order valence-electron chi connectivity index (χ0n) is 19.2. The number of benzene rings is 3. The van der Waals surface area contributed by atoms with E-state index in [0.29, 0.717) is 30.4 Å². The van der Waals surface area contributed by atoms with E-state index in [4.69, 9.17) is 9.47 Å². The van der Waals surface area contributed by atoms with Gasteiger partial charge in [-0.2, -0.15) is 0 Å². The molecule has 1 aliphatic heterocycles. The van der Waals surface area contributed by atoms with Crippen molar-refractivity contribution in [3.8, 4) is 11.5 Å². The van der Waals surface area contributed by atoms with Crippen LogP contribution in [-0.2, 0) is 14.8 Å². The number of sulfonamides is 1. The molecule has 4 rings (SSSR count). The third-order valence-corrected chi connectivity index (χ3v) is 7.39. The fourth-order valence-corrected chi connectivity index (χ4v) is 4.85. The number of nitrogens with zero attached hydrogens (tertiary/aromatic N) is 1. The van der Waals surface area contributed by atoms with Crippen molar-refractivity contribution in [2.24, 2.45) is 0 Å². The van der Waals surface area contributed by atoms with Crippen LogP contribution in [0.25, 0.3) is 0 Å². The quantitative estimate of drug-likeness (QED) is 0.530. The second-order valence-electron chi connectivity index (χ2n) is 8.06. The molecule has 0 unspecified atom stereocenters. The SMILES string of the molecule is CCS(=O)(=O)N(CC(=O)N[C@H](c1ccccc1)c1ccc(C)cc1)c1ccc2c(c1)OCCO2. The number of aryl methyl sites for hydroxylation is 1. The van der Waals surface area contributed by atoms with Crippen molar-refractivity contribution in [1.82, 2.24) is 5.32 Å². The Morgan fingerprint density at radius 1 is 0.941 bits per heavy atom. The molecule has 7 nitrogen and oxygen atoms in total. The molecule has 0 aromatic heterocycles. The molecule has 0 fully saturated rings. The van der Waals surface area contributed by atoms with Crippen molar-refractivity contribution in [3.05, 3.63) is 89.5 Å². The van der Waals surface area contributed by atoms with Gasteiger partial charge in [-0.05, 0) is 37.1 Å². The van der Waals surface area contributed by atoms with Crippen LogP contribution in [-0.4, -0.2) is 39.8 Å². The molecule has 34 heavy (non-hydrogen) atoms. The lowest BCUT2D eigenvalue weighted by atomic mass is 9.98. The highest BCUT2D eigenvalue weighted by Crippen LogP contribution is 2.35. The molecule has 1 aliphatic rings. The lowest BCUT2D eigenvalue weighted by Crippen LogP contribution is -2.42. The van der Waals surface area contributed by atoms with Gasteiger partial charge in [0.25, 0.3) is 0 Å². The van der Waals surface area contributed by atoms with E-state index >= 15 is 0 Å². The highest BCUT2D eigenvalue weighted by Gasteiger charge is 2.27. The first-order chi connectivity index (χ1) is 16.4. The Bertz CT molecular complexity index is 1240. The summed E-state index contributed by atoms with van der Waals surface area (Å²) in [6, 6.07) is 22.0. The van der Waals surface area contributed by atoms with Crippen LogP contribution in [0.15, 0.2) is 72.8 Å². The minimum atomic E-state index is -3.73. The average Bonchev–Trinajstić information content (AvgIpc) is 2.86. The van der Waals surface area contributed by atoms with Crippen LogP contribution in [0.3, 0.4) is 0 Å².